The highest BCUT2D eigenvalue weighted by atomic mass is 32.1. The number of hydrogen-bond acceptors (Lipinski definition) is 4. The van der Waals surface area contributed by atoms with Crippen molar-refractivity contribution in [1.82, 2.24) is 14.3 Å². The smallest absolute Gasteiger partial charge is 0.194 e. The predicted octanol–water partition coefficient (Wildman–Crippen LogP) is 2.48. The summed E-state index contributed by atoms with van der Waals surface area (Å²) in [4.78, 5) is 8.52. The summed E-state index contributed by atoms with van der Waals surface area (Å²) in [6.07, 6.45) is 7.03. The van der Waals surface area contributed by atoms with Crippen molar-refractivity contribution >= 4 is 16.3 Å². The molecule has 3 heterocycles. The molecule has 2 aromatic rings. The van der Waals surface area contributed by atoms with Gasteiger partial charge in [-0.1, -0.05) is 0 Å². The first-order chi connectivity index (χ1) is 9.85. The van der Waals surface area contributed by atoms with Gasteiger partial charge in [0.2, 0.25) is 0 Å². The minimum atomic E-state index is 0.350. The molecule has 1 saturated heterocycles. The number of aliphatic hydroxyl groups excluding tert-OH is 1. The van der Waals surface area contributed by atoms with E-state index in [1.807, 2.05) is 0 Å². The molecule has 1 aliphatic carbocycles. The number of likely N-dealkylation sites (tertiary alicyclic amines) is 1. The Kier molecular flexibility index (Phi) is 3.28. The molecule has 2 aliphatic rings. The third-order valence-corrected chi connectivity index (χ3v) is 5.45. The van der Waals surface area contributed by atoms with Crippen LogP contribution in [0.4, 0.5) is 0 Å². The Balaban J connectivity index is 1.55. The Labute approximate surface area is 123 Å². The minimum Gasteiger partial charge on any atom is -0.396 e. The monoisotopic (exact) mass is 291 g/mol. The van der Waals surface area contributed by atoms with Gasteiger partial charge in [-0.05, 0) is 44.7 Å². The summed E-state index contributed by atoms with van der Waals surface area (Å²) in [6, 6.07) is 0. The lowest BCUT2D eigenvalue weighted by molar-refractivity contribution is 0.126. The fraction of sp³-hybridized carbons (Fsp3) is 0.667. The van der Waals surface area contributed by atoms with Crippen molar-refractivity contribution in [3.63, 3.8) is 0 Å². The van der Waals surface area contributed by atoms with Crippen molar-refractivity contribution in [3.05, 3.63) is 23.0 Å². The van der Waals surface area contributed by atoms with E-state index >= 15 is 0 Å². The highest BCUT2D eigenvalue weighted by Gasteiger charge is 2.31. The minimum absolute atomic E-state index is 0.350. The molecule has 0 amide bonds. The van der Waals surface area contributed by atoms with Crippen LogP contribution < -0.4 is 0 Å². The van der Waals surface area contributed by atoms with Gasteiger partial charge in [0, 0.05) is 30.6 Å². The second kappa shape index (κ2) is 5.13. The summed E-state index contributed by atoms with van der Waals surface area (Å²) in [6.45, 7) is 3.57. The average Bonchev–Trinajstić information content (AvgIpc) is 3.12. The molecule has 2 aromatic heterocycles. The van der Waals surface area contributed by atoms with Gasteiger partial charge >= 0.3 is 0 Å². The third-order valence-electron chi connectivity index (χ3n) is 4.69. The van der Waals surface area contributed by atoms with Crippen molar-refractivity contribution in [3.8, 4) is 0 Å². The number of aliphatic hydroxyl groups is 1. The molecule has 0 bridgehead atoms. The van der Waals surface area contributed by atoms with Crippen molar-refractivity contribution < 1.29 is 5.11 Å². The predicted molar refractivity (Wildman–Crippen MR) is 80.1 cm³/mol. The summed E-state index contributed by atoms with van der Waals surface area (Å²) >= 11 is 1.73. The van der Waals surface area contributed by atoms with Crippen LogP contribution >= 0.6 is 11.3 Å². The van der Waals surface area contributed by atoms with Gasteiger partial charge in [-0.2, -0.15) is 0 Å². The average molecular weight is 291 g/mol. The molecule has 1 aliphatic heterocycles. The van der Waals surface area contributed by atoms with E-state index in [4.69, 9.17) is 4.98 Å². The normalized spacial score (nSPS) is 21.9. The van der Waals surface area contributed by atoms with Crippen LogP contribution in [0, 0.1) is 5.92 Å². The van der Waals surface area contributed by atoms with Gasteiger partial charge < -0.3 is 5.11 Å². The fourth-order valence-corrected chi connectivity index (χ4v) is 3.97. The lowest BCUT2D eigenvalue weighted by atomic mass is 9.98. The first-order valence-corrected chi connectivity index (χ1v) is 8.50. The van der Waals surface area contributed by atoms with Gasteiger partial charge in [-0.3, -0.25) is 9.30 Å². The number of hydrogen-bond donors (Lipinski definition) is 1. The van der Waals surface area contributed by atoms with E-state index in [2.05, 4.69) is 20.9 Å². The lowest BCUT2D eigenvalue weighted by Gasteiger charge is -2.31. The van der Waals surface area contributed by atoms with E-state index in [1.165, 1.54) is 24.2 Å². The maximum atomic E-state index is 9.24. The summed E-state index contributed by atoms with van der Waals surface area (Å²) in [5.74, 6) is 1.23. The maximum Gasteiger partial charge on any atom is 0.194 e. The molecular formula is C15H21N3OS. The van der Waals surface area contributed by atoms with E-state index in [0.29, 0.717) is 18.4 Å². The van der Waals surface area contributed by atoms with E-state index in [1.54, 1.807) is 11.3 Å². The summed E-state index contributed by atoms with van der Waals surface area (Å²) in [5, 5.41) is 11.4. The number of imidazole rings is 1. The molecule has 4 rings (SSSR count). The molecule has 108 valence electrons. The number of nitrogens with zero attached hydrogens (tertiary/aromatic N) is 3. The fourth-order valence-electron chi connectivity index (χ4n) is 3.23. The van der Waals surface area contributed by atoms with E-state index in [9.17, 15) is 5.11 Å². The molecule has 0 aromatic carbocycles. The Morgan fingerprint density at radius 1 is 1.25 bits per heavy atom. The van der Waals surface area contributed by atoms with Gasteiger partial charge in [-0.15, -0.1) is 11.3 Å². The highest BCUT2D eigenvalue weighted by Crippen LogP contribution is 2.42. The second-order valence-electron chi connectivity index (χ2n) is 6.18. The Bertz CT molecular complexity index is 593. The van der Waals surface area contributed by atoms with Crippen molar-refractivity contribution in [2.45, 2.75) is 38.1 Å². The largest absolute Gasteiger partial charge is 0.396 e. The van der Waals surface area contributed by atoms with Crippen LogP contribution in [0.15, 0.2) is 11.6 Å². The molecule has 0 atom stereocenters. The molecule has 0 radical (unpaired) electrons. The first kappa shape index (κ1) is 12.8. The van der Waals surface area contributed by atoms with Crippen LogP contribution in [0.3, 0.4) is 0 Å². The number of thiazole rings is 1. The zero-order chi connectivity index (χ0) is 13.5. The SMILES string of the molecule is OCC1CCN(Cc2c(C3CC3)nc3sccn23)CC1. The molecule has 2 fully saturated rings. The number of rotatable bonds is 4. The molecule has 4 nitrogen and oxygen atoms in total. The molecule has 1 saturated carbocycles. The standard InChI is InChI=1S/C15H21N3OS/c19-10-11-3-5-17(6-4-11)9-13-14(12-1-2-12)16-15-18(13)7-8-20-15/h7-8,11-12,19H,1-6,9-10H2. The summed E-state index contributed by atoms with van der Waals surface area (Å²) in [7, 11) is 0. The second-order valence-corrected chi connectivity index (χ2v) is 7.05. The lowest BCUT2D eigenvalue weighted by Crippen LogP contribution is -2.34. The Morgan fingerprint density at radius 3 is 2.75 bits per heavy atom. The van der Waals surface area contributed by atoms with Crippen LogP contribution in [0.5, 0.6) is 0 Å². The Hall–Kier alpha value is -0.910. The maximum absolute atomic E-state index is 9.24. The van der Waals surface area contributed by atoms with Crippen LogP contribution in [-0.4, -0.2) is 39.1 Å². The summed E-state index contributed by atoms with van der Waals surface area (Å²) in [5.41, 5.74) is 2.76. The zero-order valence-corrected chi connectivity index (χ0v) is 12.5. The number of fused-ring (bicyclic) bond motifs is 1. The summed E-state index contributed by atoms with van der Waals surface area (Å²) < 4.78 is 2.29. The number of piperidine rings is 1. The molecule has 0 spiro atoms. The third kappa shape index (κ3) is 2.28. The van der Waals surface area contributed by atoms with Gasteiger partial charge in [0.15, 0.2) is 4.96 Å². The van der Waals surface area contributed by atoms with Crippen LogP contribution in [0.1, 0.15) is 43.0 Å². The Morgan fingerprint density at radius 2 is 2.05 bits per heavy atom. The van der Waals surface area contributed by atoms with E-state index < -0.39 is 0 Å². The molecule has 20 heavy (non-hydrogen) atoms. The van der Waals surface area contributed by atoms with Gasteiger partial charge in [0.1, 0.15) is 0 Å². The first-order valence-electron chi connectivity index (χ1n) is 7.62. The highest BCUT2D eigenvalue weighted by molar-refractivity contribution is 7.15. The van der Waals surface area contributed by atoms with E-state index in [0.717, 1.165) is 37.4 Å². The molecular weight excluding hydrogens is 270 g/mol. The van der Waals surface area contributed by atoms with Crippen molar-refractivity contribution in [2.24, 2.45) is 5.92 Å². The van der Waals surface area contributed by atoms with Crippen LogP contribution in [0.25, 0.3) is 4.96 Å². The van der Waals surface area contributed by atoms with Gasteiger partial charge in [-0.25, -0.2) is 4.98 Å². The van der Waals surface area contributed by atoms with Crippen LogP contribution in [0.2, 0.25) is 0 Å². The van der Waals surface area contributed by atoms with E-state index in [-0.39, 0.29) is 0 Å². The van der Waals surface area contributed by atoms with Gasteiger partial charge in [0.05, 0.1) is 11.4 Å². The molecule has 0 unspecified atom stereocenters. The van der Waals surface area contributed by atoms with Crippen molar-refractivity contribution in [1.29, 1.82) is 0 Å². The van der Waals surface area contributed by atoms with Gasteiger partial charge in [0.25, 0.3) is 0 Å². The number of aromatic nitrogens is 2. The molecule has 1 N–H and O–H groups in total. The zero-order valence-electron chi connectivity index (χ0n) is 11.7. The van der Waals surface area contributed by atoms with Crippen LogP contribution in [-0.2, 0) is 6.54 Å². The topological polar surface area (TPSA) is 40.8 Å². The molecule has 5 heteroatoms. The quantitative estimate of drug-likeness (QED) is 0.941. The van der Waals surface area contributed by atoms with Crippen molar-refractivity contribution in [2.75, 3.05) is 19.7 Å².